The van der Waals surface area contributed by atoms with Crippen LogP contribution in [0.2, 0.25) is 0 Å². The van der Waals surface area contributed by atoms with Gasteiger partial charge in [0.25, 0.3) is 0 Å². The number of nitrogens with zero attached hydrogens (tertiary/aromatic N) is 3. The highest BCUT2D eigenvalue weighted by Crippen LogP contribution is 2.38. The second-order valence-corrected chi connectivity index (χ2v) is 6.92. The van der Waals surface area contributed by atoms with E-state index in [9.17, 15) is 26.3 Å². The van der Waals surface area contributed by atoms with E-state index < -0.39 is 23.5 Å². The van der Waals surface area contributed by atoms with Crippen molar-refractivity contribution in [2.45, 2.75) is 25.2 Å². The summed E-state index contributed by atoms with van der Waals surface area (Å²) in [5, 5.41) is 0. The Kier molecular flexibility index (Phi) is 5.61. The maximum Gasteiger partial charge on any atom is 0.416 e. The van der Waals surface area contributed by atoms with E-state index in [0.717, 1.165) is 19.0 Å². The molecule has 29 heavy (non-hydrogen) atoms. The fraction of sp³-hybridized carbons (Fsp3) is 0.444. The summed E-state index contributed by atoms with van der Waals surface area (Å²) in [6.45, 7) is 1.68. The second-order valence-electron chi connectivity index (χ2n) is 6.92. The molecule has 2 heterocycles. The third kappa shape index (κ3) is 4.72. The number of hydrogen-bond acceptors (Lipinski definition) is 5. The van der Waals surface area contributed by atoms with Crippen LogP contribution in [0.1, 0.15) is 24.0 Å². The smallest absolute Gasteiger partial charge is 0.381 e. The van der Waals surface area contributed by atoms with Gasteiger partial charge in [-0.25, -0.2) is 9.97 Å². The van der Waals surface area contributed by atoms with Crippen LogP contribution in [0, 0.1) is 5.92 Å². The van der Waals surface area contributed by atoms with Crippen molar-refractivity contribution in [1.82, 2.24) is 9.97 Å². The standard InChI is InChI=1S/C18H19F6N5/c19-17(20,21)12-5-11(6-13(7-12)18(22,23)24)14-9-27-15(26)16(28-14)29-3-1-10(8-25)2-4-29/h5-7,9-10H,1-4,8,25H2,(H2,26,27). The lowest BCUT2D eigenvalue weighted by Crippen LogP contribution is -2.37. The third-order valence-electron chi connectivity index (χ3n) is 4.91. The molecule has 11 heteroatoms. The molecule has 0 atom stereocenters. The van der Waals surface area contributed by atoms with Crippen LogP contribution in [0.5, 0.6) is 0 Å². The molecule has 1 fully saturated rings. The first kappa shape index (κ1) is 21.2. The number of hydrogen-bond donors (Lipinski definition) is 2. The number of nitrogens with two attached hydrogens (primary N) is 2. The predicted octanol–water partition coefficient (Wildman–Crippen LogP) is 3.94. The molecule has 158 valence electrons. The second kappa shape index (κ2) is 7.69. The molecule has 0 aliphatic carbocycles. The van der Waals surface area contributed by atoms with E-state index in [2.05, 4.69) is 9.97 Å². The molecule has 3 rings (SSSR count). The first-order valence-electron chi connectivity index (χ1n) is 8.86. The number of benzene rings is 1. The van der Waals surface area contributed by atoms with Crippen molar-refractivity contribution in [3.8, 4) is 11.3 Å². The average molecular weight is 419 g/mol. The molecule has 1 saturated heterocycles. The summed E-state index contributed by atoms with van der Waals surface area (Å²) in [6, 6.07) is 1.33. The molecule has 0 unspecified atom stereocenters. The minimum Gasteiger partial charge on any atom is -0.381 e. The average Bonchev–Trinajstić information content (AvgIpc) is 2.67. The number of aromatic nitrogens is 2. The molecular weight excluding hydrogens is 400 g/mol. The summed E-state index contributed by atoms with van der Waals surface area (Å²) in [6.07, 6.45) is -7.25. The number of halogens is 6. The zero-order valence-corrected chi connectivity index (χ0v) is 15.2. The van der Waals surface area contributed by atoms with E-state index in [1.165, 1.54) is 0 Å². The van der Waals surface area contributed by atoms with Crippen LogP contribution in [-0.4, -0.2) is 29.6 Å². The Labute approximate surface area is 162 Å². The topological polar surface area (TPSA) is 81.1 Å². The third-order valence-corrected chi connectivity index (χ3v) is 4.91. The quantitative estimate of drug-likeness (QED) is 0.737. The van der Waals surface area contributed by atoms with Crippen LogP contribution < -0.4 is 16.4 Å². The van der Waals surface area contributed by atoms with Gasteiger partial charge < -0.3 is 16.4 Å². The van der Waals surface area contributed by atoms with Crippen molar-refractivity contribution in [3.05, 3.63) is 35.5 Å². The molecule has 4 N–H and O–H groups in total. The van der Waals surface area contributed by atoms with Gasteiger partial charge in [0.1, 0.15) is 0 Å². The lowest BCUT2D eigenvalue weighted by atomic mass is 9.97. The van der Waals surface area contributed by atoms with Crippen LogP contribution in [0.15, 0.2) is 24.4 Å². The molecule has 2 aromatic rings. The van der Waals surface area contributed by atoms with Crippen LogP contribution in [-0.2, 0) is 12.4 Å². The SMILES string of the molecule is NCC1CCN(c2nc(-c3cc(C(F)(F)F)cc(C(F)(F)F)c3)cnc2N)CC1. The highest BCUT2D eigenvalue weighted by Gasteiger charge is 2.37. The van der Waals surface area contributed by atoms with E-state index in [0.29, 0.717) is 37.7 Å². The van der Waals surface area contributed by atoms with Gasteiger partial charge in [-0.1, -0.05) is 0 Å². The van der Waals surface area contributed by atoms with Crippen molar-refractivity contribution in [1.29, 1.82) is 0 Å². The van der Waals surface area contributed by atoms with Crippen LogP contribution in [0.3, 0.4) is 0 Å². The Morgan fingerprint density at radius 1 is 0.966 bits per heavy atom. The van der Waals surface area contributed by atoms with Crippen molar-refractivity contribution in [2.75, 3.05) is 30.3 Å². The zero-order chi connectivity index (χ0) is 21.4. The van der Waals surface area contributed by atoms with Gasteiger partial charge in [0.15, 0.2) is 11.6 Å². The van der Waals surface area contributed by atoms with E-state index in [1.54, 1.807) is 0 Å². The van der Waals surface area contributed by atoms with Gasteiger partial charge >= 0.3 is 12.4 Å². The number of piperidine rings is 1. The fourth-order valence-corrected chi connectivity index (χ4v) is 3.24. The lowest BCUT2D eigenvalue weighted by molar-refractivity contribution is -0.143. The maximum absolute atomic E-state index is 13.1. The summed E-state index contributed by atoms with van der Waals surface area (Å²) < 4.78 is 78.7. The minimum absolute atomic E-state index is 0.0583. The van der Waals surface area contributed by atoms with Gasteiger partial charge in [0, 0.05) is 18.7 Å². The maximum atomic E-state index is 13.1. The summed E-state index contributed by atoms with van der Waals surface area (Å²) in [7, 11) is 0. The number of nitrogen functional groups attached to an aromatic ring is 1. The van der Waals surface area contributed by atoms with Gasteiger partial charge in [0.2, 0.25) is 0 Å². The van der Waals surface area contributed by atoms with Gasteiger partial charge in [-0.15, -0.1) is 0 Å². The first-order valence-corrected chi connectivity index (χ1v) is 8.86. The van der Waals surface area contributed by atoms with Gasteiger partial charge in [-0.3, -0.25) is 0 Å². The molecule has 0 amide bonds. The van der Waals surface area contributed by atoms with E-state index >= 15 is 0 Å². The van der Waals surface area contributed by atoms with Crippen molar-refractivity contribution < 1.29 is 26.3 Å². The molecule has 1 aromatic carbocycles. The summed E-state index contributed by atoms with van der Waals surface area (Å²) in [4.78, 5) is 9.99. The highest BCUT2D eigenvalue weighted by molar-refractivity contribution is 5.67. The van der Waals surface area contributed by atoms with Gasteiger partial charge in [-0.05, 0) is 43.5 Å². The van der Waals surface area contributed by atoms with Gasteiger partial charge in [0.05, 0.1) is 23.0 Å². The Hall–Kier alpha value is -2.56. The van der Waals surface area contributed by atoms with E-state index in [4.69, 9.17) is 11.5 Å². The van der Waals surface area contributed by atoms with Crippen LogP contribution in [0.4, 0.5) is 38.0 Å². The van der Waals surface area contributed by atoms with E-state index in [1.807, 2.05) is 4.90 Å². The summed E-state index contributed by atoms with van der Waals surface area (Å²) in [5.41, 5.74) is 8.25. The Morgan fingerprint density at radius 2 is 1.52 bits per heavy atom. The molecule has 0 radical (unpaired) electrons. The van der Waals surface area contributed by atoms with E-state index in [-0.39, 0.29) is 29.0 Å². The summed E-state index contributed by atoms with van der Waals surface area (Å²) >= 11 is 0. The monoisotopic (exact) mass is 419 g/mol. The first-order chi connectivity index (χ1) is 13.5. The minimum atomic E-state index is -4.94. The van der Waals surface area contributed by atoms with Crippen molar-refractivity contribution in [2.24, 2.45) is 11.7 Å². The Bertz CT molecular complexity index is 840. The Balaban J connectivity index is 2.03. The van der Waals surface area contributed by atoms with Crippen LogP contribution >= 0.6 is 0 Å². The van der Waals surface area contributed by atoms with Crippen LogP contribution in [0.25, 0.3) is 11.3 Å². The van der Waals surface area contributed by atoms with Crippen molar-refractivity contribution in [3.63, 3.8) is 0 Å². The molecule has 0 spiro atoms. The molecule has 5 nitrogen and oxygen atoms in total. The normalized spacial score (nSPS) is 16.3. The van der Waals surface area contributed by atoms with Gasteiger partial charge in [-0.2, -0.15) is 26.3 Å². The fourth-order valence-electron chi connectivity index (χ4n) is 3.24. The number of rotatable bonds is 3. The lowest BCUT2D eigenvalue weighted by Gasteiger charge is -2.32. The molecule has 0 saturated carbocycles. The molecule has 1 aromatic heterocycles. The molecular formula is C18H19F6N5. The molecule has 1 aliphatic rings. The zero-order valence-electron chi connectivity index (χ0n) is 15.2. The number of alkyl halides is 6. The predicted molar refractivity (Wildman–Crippen MR) is 95.9 cm³/mol. The Morgan fingerprint density at radius 3 is 2.00 bits per heavy atom. The largest absolute Gasteiger partial charge is 0.416 e. The highest BCUT2D eigenvalue weighted by atomic mass is 19.4. The van der Waals surface area contributed by atoms with Crippen molar-refractivity contribution >= 4 is 11.6 Å². The molecule has 1 aliphatic heterocycles. The molecule has 0 bridgehead atoms. The summed E-state index contributed by atoms with van der Waals surface area (Å²) in [5.74, 6) is 0.647. The number of anilines is 2.